The van der Waals surface area contributed by atoms with Crippen molar-refractivity contribution in [3.63, 3.8) is 0 Å². The molecule has 17 heavy (non-hydrogen) atoms. The average molecular weight is 267 g/mol. The van der Waals surface area contributed by atoms with Gasteiger partial charge in [-0.05, 0) is 23.4 Å². The first-order valence-corrected chi connectivity index (χ1v) is 7.52. The number of nitrogens with one attached hydrogen (secondary N) is 1. The molecule has 0 spiro atoms. The summed E-state index contributed by atoms with van der Waals surface area (Å²) in [5, 5.41) is 16.1. The SMILES string of the molecule is CCc1ccsc1-c1nnc(CNC(C)C)s1. The number of aromatic nitrogens is 2. The zero-order chi connectivity index (χ0) is 12.3. The molecule has 0 atom stereocenters. The first-order chi connectivity index (χ1) is 8.20. The van der Waals surface area contributed by atoms with Crippen LogP contribution in [0.25, 0.3) is 9.88 Å². The summed E-state index contributed by atoms with van der Waals surface area (Å²) in [6.07, 6.45) is 1.05. The molecular formula is C12H17N3S2. The molecular weight excluding hydrogens is 250 g/mol. The van der Waals surface area contributed by atoms with Gasteiger partial charge in [-0.15, -0.1) is 21.5 Å². The molecule has 0 aliphatic rings. The highest BCUT2D eigenvalue weighted by molar-refractivity contribution is 7.20. The highest BCUT2D eigenvalue weighted by atomic mass is 32.1. The largest absolute Gasteiger partial charge is 0.308 e. The van der Waals surface area contributed by atoms with Crippen LogP contribution in [-0.4, -0.2) is 16.2 Å². The average Bonchev–Trinajstić information content (AvgIpc) is 2.94. The fourth-order valence-electron chi connectivity index (χ4n) is 1.51. The smallest absolute Gasteiger partial charge is 0.158 e. The van der Waals surface area contributed by atoms with E-state index in [1.807, 2.05) is 0 Å². The van der Waals surface area contributed by atoms with Crippen LogP contribution in [0.15, 0.2) is 11.4 Å². The lowest BCUT2D eigenvalue weighted by Gasteiger charge is -2.03. The second-order valence-corrected chi connectivity index (χ2v) is 6.14. The second-order valence-electron chi connectivity index (χ2n) is 4.17. The topological polar surface area (TPSA) is 37.8 Å². The van der Waals surface area contributed by atoms with Gasteiger partial charge in [-0.25, -0.2) is 0 Å². The normalized spacial score (nSPS) is 11.3. The van der Waals surface area contributed by atoms with E-state index in [-0.39, 0.29) is 0 Å². The van der Waals surface area contributed by atoms with Gasteiger partial charge in [0.05, 0.1) is 4.88 Å². The molecule has 5 heteroatoms. The van der Waals surface area contributed by atoms with Gasteiger partial charge in [0.1, 0.15) is 5.01 Å². The fraction of sp³-hybridized carbons (Fsp3) is 0.500. The van der Waals surface area contributed by atoms with E-state index >= 15 is 0 Å². The van der Waals surface area contributed by atoms with Gasteiger partial charge in [0, 0.05) is 12.6 Å². The monoisotopic (exact) mass is 267 g/mol. The summed E-state index contributed by atoms with van der Waals surface area (Å²) in [4.78, 5) is 1.28. The molecule has 0 bridgehead atoms. The van der Waals surface area contributed by atoms with E-state index in [2.05, 4.69) is 47.7 Å². The van der Waals surface area contributed by atoms with Crippen molar-refractivity contribution in [2.45, 2.75) is 39.8 Å². The van der Waals surface area contributed by atoms with Gasteiger partial charge >= 0.3 is 0 Å². The quantitative estimate of drug-likeness (QED) is 0.903. The van der Waals surface area contributed by atoms with E-state index in [1.54, 1.807) is 22.7 Å². The van der Waals surface area contributed by atoms with Crippen LogP contribution in [0, 0.1) is 0 Å². The van der Waals surface area contributed by atoms with E-state index in [0.717, 1.165) is 23.0 Å². The maximum atomic E-state index is 4.28. The summed E-state index contributed by atoms with van der Waals surface area (Å²) in [7, 11) is 0. The van der Waals surface area contributed by atoms with Crippen molar-refractivity contribution in [3.05, 3.63) is 22.0 Å². The molecule has 2 rings (SSSR count). The van der Waals surface area contributed by atoms with Crippen molar-refractivity contribution in [2.75, 3.05) is 0 Å². The molecule has 0 aliphatic carbocycles. The first-order valence-electron chi connectivity index (χ1n) is 5.83. The minimum absolute atomic E-state index is 0.482. The van der Waals surface area contributed by atoms with Gasteiger partial charge in [-0.2, -0.15) is 0 Å². The second kappa shape index (κ2) is 5.71. The number of rotatable bonds is 5. The third-order valence-electron chi connectivity index (χ3n) is 2.45. The van der Waals surface area contributed by atoms with Crippen LogP contribution in [0.2, 0.25) is 0 Å². The van der Waals surface area contributed by atoms with Gasteiger partial charge in [0.15, 0.2) is 5.01 Å². The number of hydrogen-bond donors (Lipinski definition) is 1. The lowest BCUT2D eigenvalue weighted by molar-refractivity contribution is 0.585. The third-order valence-corrected chi connectivity index (χ3v) is 4.48. The molecule has 0 aliphatic heterocycles. The van der Waals surface area contributed by atoms with Crippen molar-refractivity contribution in [1.29, 1.82) is 0 Å². The number of nitrogens with zero attached hydrogens (tertiary/aromatic N) is 2. The van der Waals surface area contributed by atoms with E-state index in [4.69, 9.17) is 0 Å². The Kier molecular flexibility index (Phi) is 4.25. The van der Waals surface area contributed by atoms with Crippen molar-refractivity contribution >= 4 is 22.7 Å². The standard InChI is InChI=1S/C12H17N3S2/c1-4-9-5-6-16-11(9)12-15-14-10(17-12)7-13-8(2)3/h5-6,8,13H,4,7H2,1-3H3. The zero-order valence-corrected chi connectivity index (χ0v) is 12.0. The summed E-state index contributed by atoms with van der Waals surface area (Å²) < 4.78 is 0. The summed E-state index contributed by atoms with van der Waals surface area (Å²) in [5.41, 5.74) is 1.37. The third kappa shape index (κ3) is 3.12. The Morgan fingerprint density at radius 1 is 1.35 bits per heavy atom. The Bertz CT molecular complexity index is 474. The van der Waals surface area contributed by atoms with E-state index in [9.17, 15) is 0 Å². The molecule has 0 fully saturated rings. The van der Waals surface area contributed by atoms with Crippen molar-refractivity contribution < 1.29 is 0 Å². The van der Waals surface area contributed by atoms with E-state index < -0.39 is 0 Å². The van der Waals surface area contributed by atoms with Crippen LogP contribution in [0.3, 0.4) is 0 Å². The minimum atomic E-state index is 0.482. The van der Waals surface area contributed by atoms with Crippen LogP contribution in [0.4, 0.5) is 0 Å². The lowest BCUT2D eigenvalue weighted by Crippen LogP contribution is -2.21. The molecule has 3 nitrogen and oxygen atoms in total. The summed E-state index contributed by atoms with van der Waals surface area (Å²) in [5.74, 6) is 0. The first kappa shape index (κ1) is 12.7. The Hall–Kier alpha value is -0.780. The number of aryl methyl sites for hydroxylation is 1. The van der Waals surface area contributed by atoms with Crippen LogP contribution in [0.5, 0.6) is 0 Å². The Morgan fingerprint density at radius 2 is 2.18 bits per heavy atom. The van der Waals surface area contributed by atoms with Crippen LogP contribution >= 0.6 is 22.7 Å². The summed E-state index contributed by atoms with van der Waals surface area (Å²) in [6.45, 7) is 7.25. The Morgan fingerprint density at radius 3 is 2.88 bits per heavy atom. The van der Waals surface area contributed by atoms with E-state index in [1.165, 1.54) is 10.4 Å². The molecule has 0 saturated carbocycles. The molecule has 0 saturated heterocycles. The molecule has 2 aromatic heterocycles. The summed E-state index contributed by atoms with van der Waals surface area (Å²) >= 11 is 3.44. The molecule has 2 heterocycles. The lowest BCUT2D eigenvalue weighted by atomic mass is 10.2. The van der Waals surface area contributed by atoms with Crippen LogP contribution in [0.1, 0.15) is 31.3 Å². The van der Waals surface area contributed by atoms with Crippen molar-refractivity contribution in [1.82, 2.24) is 15.5 Å². The van der Waals surface area contributed by atoms with E-state index in [0.29, 0.717) is 6.04 Å². The zero-order valence-electron chi connectivity index (χ0n) is 10.4. The van der Waals surface area contributed by atoms with Crippen molar-refractivity contribution in [3.8, 4) is 9.88 Å². The van der Waals surface area contributed by atoms with Crippen LogP contribution < -0.4 is 5.32 Å². The molecule has 0 unspecified atom stereocenters. The minimum Gasteiger partial charge on any atom is -0.308 e. The van der Waals surface area contributed by atoms with Gasteiger partial charge < -0.3 is 5.32 Å². The molecule has 2 aromatic rings. The fourth-order valence-corrected chi connectivity index (χ4v) is 3.42. The predicted octanol–water partition coefficient (Wildman–Crippen LogP) is 3.33. The highest BCUT2D eigenvalue weighted by Gasteiger charge is 2.11. The van der Waals surface area contributed by atoms with Gasteiger partial charge in [0.2, 0.25) is 0 Å². The molecule has 1 N–H and O–H groups in total. The van der Waals surface area contributed by atoms with Gasteiger partial charge in [-0.3, -0.25) is 0 Å². The van der Waals surface area contributed by atoms with Crippen molar-refractivity contribution in [2.24, 2.45) is 0 Å². The van der Waals surface area contributed by atoms with Crippen LogP contribution in [-0.2, 0) is 13.0 Å². The predicted molar refractivity (Wildman–Crippen MR) is 74.6 cm³/mol. The van der Waals surface area contributed by atoms with Gasteiger partial charge in [0.25, 0.3) is 0 Å². The Labute approximate surface area is 110 Å². The highest BCUT2D eigenvalue weighted by Crippen LogP contribution is 2.32. The van der Waals surface area contributed by atoms with Gasteiger partial charge in [-0.1, -0.05) is 32.1 Å². The maximum Gasteiger partial charge on any atom is 0.158 e. The number of hydrogen-bond acceptors (Lipinski definition) is 5. The molecule has 0 radical (unpaired) electrons. The Balaban J connectivity index is 2.12. The maximum absolute atomic E-state index is 4.28. The molecule has 92 valence electrons. The molecule has 0 amide bonds. The number of thiophene rings is 1. The summed E-state index contributed by atoms with van der Waals surface area (Å²) in [6, 6.07) is 2.66. The molecule has 0 aromatic carbocycles.